The van der Waals surface area contributed by atoms with Gasteiger partial charge in [0.2, 0.25) is 0 Å². The molecule has 0 radical (unpaired) electrons. The minimum Gasteiger partial charge on any atom is -0.386 e. The van der Waals surface area contributed by atoms with Crippen molar-refractivity contribution in [3.05, 3.63) is 0 Å². The molecule has 90 valence electrons. The Morgan fingerprint density at radius 2 is 1.67 bits per heavy atom. The molecule has 1 atom stereocenters. The molecule has 1 fully saturated rings. The molecule has 0 aliphatic carbocycles. The Bertz CT molecular complexity index is 232. The van der Waals surface area contributed by atoms with Crippen LogP contribution in [0, 0.1) is 0 Å². The van der Waals surface area contributed by atoms with Crippen LogP contribution in [0.2, 0.25) is 5.04 Å². The summed E-state index contributed by atoms with van der Waals surface area (Å²) in [6.45, 7) is 15.1. The fourth-order valence-electron chi connectivity index (χ4n) is 2.37. The number of nitrogens with zero attached hydrogens (tertiary/aromatic N) is 1. The minimum atomic E-state index is -2.24. The lowest BCUT2D eigenvalue weighted by molar-refractivity contribution is 0.146. The molecule has 0 amide bonds. The first-order chi connectivity index (χ1) is 6.65. The average Bonchev–Trinajstić information content (AvgIpc) is 2.45. The average molecular weight is 231 g/mol. The second-order valence-corrected chi connectivity index (χ2v) is 10.1. The van der Waals surface area contributed by atoms with Gasteiger partial charge in [0.15, 0.2) is 0 Å². The fourth-order valence-corrected chi connectivity index (χ4v) is 6.36. The molecule has 1 aliphatic heterocycles. The summed E-state index contributed by atoms with van der Waals surface area (Å²) in [5.74, 6) is 0. The standard InChI is InChI=1S/C11H25NO2Si/c1-10(2,3)12-8-9-14-15(12,13-7)11(4,5)6/h8-9H2,1-7H3. The van der Waals surface area contributed by atoms with Crippen LogP contribution in [-0.2, 0) is 8.85 Å². The molecular weight excluding hydrogens is 206 g/mol. The smallest absolute Gasteiger partial charge is 0.386 e. The van der Waals surface area contributed by atoms with Gasteiger partial charge in [0.25, 0.3) is 0 Å². The van der Waals surface area contributed by atoms with Crippen molar-refractivity contribution in [1.29, 1.82) is 0 Å². The van der Waals surface area contributed by atoms with Crippen molar-refractivity contribution < 1.29 is 8.85 Å². The summed E-state index contributed by atoms with van der Waals surface area (Å²) >= 11 is 0. The predicted molar refractivity (Wildman–Crippen MR) is 64.9 cm³/mol. The molecule has 0 aromatic rings. The SMILES string of the molecule is CO[Si]1(C(C)(C)C)OCCN1C(C)(C)C. The molecule has 3 nitrogen and oxygen atoms in total. The molecule has 0 bridgehead atoms. The molecule has 0 spiro atoms. The Balaban J connectivity index is 3.08. The predicted octanol–water partition coefficient (Wildman–Crippen LogP) is 2.50. The molecular formula is C11H25NO2Si. The molecule has 1 rings (SSSR count). The normalized spacial score (nSPS) is 29.8. The zero-order valence-corrected chi connectivity index (χ0v) is 12.2. The van der Waals surface area contributed by atoms with Gasteiger partial charge in [0.1, 0.15) is 0 Å². The first kappa shape index (κ1) is 13.2. The van der Waals surface area contributed by atoms with E-state index in [0.717, 1.165) is 13.2 Å². The molecule has 1 aliphatic rings. The van der Waals surface area contributed by atoms with Crippen LogP contribution in [0.15, 0.2) is 0 Å². The molecule has 15 heavy (non-hydrogen) atoms. The zero-order chi connectivity index (χ0) is 11.9. The lowest BCUT2D eigenvalue weighted by Crippen LogP contribution is -2.64. The third kappa shape index (κ3) is 2.13. The Morgan fingerprint density at radius 3 is 1.93 bits per heavy atom. The Morgan fingerprint density at radius 1 is 1.13 bits per heavy atom. The van der Waals surface area contributed by atoms with Crippen molar-refractivity contribution in [3.63, 3.8) is 0 Å². The molecule has 1 unspecified atom stereocenters. The van der Waals surface area contributed by atoms with Crippen LogP contribution in [0.25, 0.3) is 0 Å². The van der Waals surface area contributed by atoms with Crippen molar-refractivity contribution in [3.8, 4) is 0 Å². The van der Waals surface area contributed by atoms with Crippen LogP contribution in [0.5, 0.6) is 0 Å². The van der Waals surface area contributed by atoms with Gasteiger partial charge < -0.3 is 8.85 Å². The maximum absolute atomic E-state index is 6.04. The van der Waals surface area contributed by atoms with Crippen LogP contribution in [0.4, 0.5) is 0 Å². The van der Waals surface area contributed by atoms with E-state index in [0.29, 0.717) is 0 Å². The summed E-state index contributed by atoms with van der Waals surface area (Å²) in [7, 11) is -0.446. The summed E-state index contributed by atoms with van der Waals surface area (Å²) in [6, 6.07) is 0. The minimum absolute atomic E-state index is 0.0749. The van der Waals surface area contributed by atoms with E-state index in [1.54, 1.807) is 7.11 Å². The van der Waals surface area contributed by atoms with Gasteiger partial charge in [-0.1, -0.05) is 20.8 Å². The first-order valence-corrected chi connectivity index (χ1v) is 7.38. The second-order valence-electron chi connectivity index (χ2n) is 6.21. The van der Waals surface area contributed by atoms with Gasteiger partial charge in [-0.25, -0.2) is 0 Å². The molecule has 1 heterocycles. The van der Waals surface area contributed by atoms with Gasteiger partial charge in [0.05, 0.1) is 0 Å². The summed E-state index contributed by atoms with van der Waals surface area (Å²) in [5, 5.41) is 0.0749. The summed E-state index contributed by atoms with van der Waals surface area (Å²) in [5.41, 5.74) is 0.117. The van der Waals surface area contributed by atoms with Crippen molar-refractivity contribution in [2.45, 2.75) is 52.1 Å². The third-order valence-corrected chi connectivity index (χ3v) is 7.65. The molecule has 1 saturated heterocycles. The number of hydrogen-bond donors (Lipinski definition) is 0. The lowest BCUT2D eigenvalue weighted by atomic mass is 10.1. The van der Waals surface area contributed by atoms with E-state index in [9.17, 15) is 0 Å². The van der Waals surface area contributed by atoms with Gasteiger partial charge in [-0.3, -0.25) is 4.57 Å². The maximum atomic E-state index is 6.04. The van der Waals surface area contributed by atoms with Crippen LogP contribution in [0.3, 0.4) is 0 Å². The van der Waals surface area contributed by atoms with Crippen LogP contribution in [-0.4, -0.2) is 39.1 Å². The van der Waals surface area contributed by atoms with Crippen LogP contribution in [0.1, 0.15) is 41.5 Å². The van der Waals surface area contributed by atoms with Crippen LogP contribution < -0.4 is 0 Å². The monoisotopic (exact) mass is 231 g/mol. The van der Waals surface area contributed by atoms with Gasteiger partial charge in [-0.15, -0.1) is 0 Å². The van der Waals surface area contributed by atoms with E-state index in [-0.39, 0.29) is 10.6 Å². The lowest BCUT2D eigenvalue weighted by Gasteiger charge is -2.47. The number of rotatable bonds is 1. The van der Waals surface area contributed by atoms with Crippen LogP contribution >= 0.6 is 0 Å². The summed E-state index contributed by atoms with van der Waals surface area (Å²) < 4.78 is 14.3. The first-order valence-electron chi connectivity index (χ1n) is 5.62. The van der Waals surface area contributed by atoms with Gasteiger partial charge >= 0.3 is 8.72 Å². The third-order valence-electron chi connectivity index (χ3n) is 3.00. The fraction of sp³-hybridized carbons (Fsp3) is 1.00. The Hall–Kier alpha value is 0.0969. The molecule has 0 aromatic carbocycles. The number of hydrogen-bond acceptors (Lipinski definition) is 3. The van der Waals surface area contributed by atoms with E-state index in [1.807, 2.05) is 0 Å². The molecule has 0 saturated carbocycles. The highest BCUT2D eigenvalue weighted by Crippen LogP contribution is 2.44. The second kappa shape index (κ2) is 3.84. The van der Waals surface area contributed by atoms with Gasteiger partial charge in [-0.2, -0.15) is 0 Å². The highest BCUT2D eigenvalue weighted by Gasteiger charge is 2.60. The molecule has 0 aromatic heterocycles. The van der Waals surface area contributed by atoms with E-state index in [2.05, 4.69) is 46.1 Å². The highest BCUT2D eigenvalue weighted by atomic mass is 28.4. The van der Waals surface area contributed by atoms with Crippen molar-refractivity contribution in [2.75, 3.05) is 20.3 Å². The van der Waals surface area contributed by atoms with E-state index in [4.69, 9.17) is 8.85 Å². The van der Waals surface area contributed by atoms with Gasteiger partial charge in [-0.05, 0) is 20.8 Å². The zero-order valence-electron chi connectivity index (χ0n) is 11.2. The Kier molecular flexibility index (Phi) is 3.37. The van der Waals surface area contributed by atoms with E-state index >= 15 is 0 Å². The molecule has 0 N–H and O–H groups in total. The topological polar surface area (TPSA) is 21.7 Å². The van der Waals surface area contributed by atoms with Crippen molar-refractivity contribution >= 4 is 8.72 Å². The largest absolute Gasteiger partial charge is 0.433 e. The maximum Gasteiger partial charge on any atom is 0.433 e. The quantitative estimate of drug-likeness (QED) is 0.647. The van der Waals surface area contributed by atoms with E-state index < -0.39 is 8.72 Å². The van der Waals surface area contributed by atoms with Gasteiger partial charge in [0, 0.05) is 30.8 Å². The van der Waals surface area contributed by atoms with Crippen molar-refractivity contribution in [2.24, 2.45) is 0 Å². The van der Waals surface area contributed by atoms with Crippen molar-refractivity contribution in [1.82, 2.24) is 4.57 Å². The Labute approximate surface area is 95.1 Å². The summed E-state index contributed by atoms with van der Waals surface area (Å²) in [6.07, 6.45) is 0. The highest BCUT2D eigenvalue weighted by molar-refractivity contribution is 6.68. The molecule has 4 heteroatoms. The summed E-state index contributed by atoms with van der Waals surface area (Å²) in [4.78, 5) is 0. The van der Waals surface area contributed by atoms with E-state index in [1.165, 1.54) is 0 Å².